The topological polar surface area (TPSA) is 42.4 Å². The molecule has 3 aromatic carbocycles. The molecule has 0 unspecified atom stereocenters. The number of ether oxygens (including phenoxy) is 1. The summed E-state index contributed by atoms with van der Waals surface area (Å²) in [7, 11) is 0. The maximum absolute atomic E-state index is 13.5. The molecule has 6 heteroatoms. The maximum atomic E-state index is 13.5. The van der Waals surface area contributed by atoms with Crippen LogP contribution < -0.4 is 4.74 Å². The zero-order valence-corrected chi connectivity index (χ0v) is 18.6. The van der Waals surface area contributed by atoms with Gasteiger partial charge in [-0.25, -0.2) is 0 Å². The van der Waals surface area contributed by atoms with Gasteiger partial charge in [0.25, 0.3) is 5.91 Å². The molecule has 0 radical (unpaired) electrons. The zero-order chi connectivity index (χ0) is 22.3. The number of hydrogen-bond donors (Lipinski definition) is 0. The molecule has 0 N–H and O–H groups in total. The van der Waals surface area contributed by atoms with Gasteiger partial charge in [0.1, 0.15) is 11.5 Å². The first-order chi connectivity index (χ1) is 15.6. The maximum Gasteiger partial charge on any atom is 0.254 e. The Balaban J connectivity index is 1.61. The van der Waals surface area contributed by atoms with E-state index in [2.05, 4.69) is 4.98 Å². The minimum Gasteiger partial charge on any atom is -0.457 e. The van der Waals surface area contributed by atoms with Crippen LogP contribution in [0.25, 0.3) is 0 Å². The van der Waals surface area contributed by atoms with E-state index >= 15 is 0 Å². The number of halogens is 2. The first-order valence-electron chi connectivity index (χ1n) is 10.0. The predicted octanol–water partition coefficient (Wildman–Crippen LogP) is 7.02. The van der Waals surface area contributed by atoms with E-state index in [1.165, 1.54) is 0 Å². The van der Waals surface area contributed by atoms with Crippen molar-refractivity contribution in [2.24, 2.45) is 0 Å². The third-order valence-electron chi connectivity index (χ3n) is 4.82. The highest BCUT2D eigenvalue weighted by Gasteiger charge is 2.19. The lowest BCUT2D eigenvalue weighted by molar-refractivity contribution is 0.0729. The first-order valence-corrected chi connectivity index (χ1v) is 10.8. The molecular weight excluding hydrogens is 443 g/mol. The first kappa shape index (κ1) is 21.9. The van der Waals surface area contributed by atoms with E-state index in [9.17, 15) is 4.79 Å². The fourth-order valence-electron chi connectivity index (χ4n) is 3.27. The average molecular weight is 463 g/mol. The molecular formula is C26H20Cl2N2O2. The van der Waals surface area contributed by atoms with Crippen LogP contribution in [0.15, 0.2) is 97.3 Å². The second kappa shape index (κ2) is 10.3. The highest BCUT2D eigenvalue weighted by molar-refractivity contribution is 6.35. The van der Waals surface area contributed by atoms with Crippen LogP contribution in [0.1, 0.15) is 21.5 Å². The van der Waals surface area contributed by atoms with Crippen LogP contribution in [-0.4, -0.2) is 15.8 Å². The Morgan fingerprint density at radius 3 is 2.41 bits per heavy atom. The summed E-state index contributed by atoms with van der Waals surface area (Å²) >= 11 is 12.4. The van der Waals surface area contributed by atoms with Crippen LogP contribution in [0.2, 0.25) is 10.0 Å². The second-order valence-corrected chi connectivity index (χ2v) is 8.04. The smallest absolute Gasteiger partial charge is 0.254 e. The molecule has 0 aliphatic rings. The summed E-state index contributed by atoms with van der Waals surface area (Å²) in [4.78, 5) is 19.4. The minimum atomic E-state index is -0.140. The summed E-state index contributed by atoms with van der Waals surface area (Å²) in [6.07, 6.45) is 3.45. The van der Waals surface area contributed by atoms with Gasteiger partial charge in [-0.2, -0.15) is 0 Å². The van der Waals surface area contributed by atoms with Crippen molar-refractivity contribution in [3.05, 3.63) is 124 Å². The van der Waals surface area contributed by atoms with Gasteiger partial charge >= 0.3 is 0 Å². The van der Waals surface area contributed by atoms with E-state index in [-0.39, 0.29) is 5.91 Å². The Morgan fingerprint density at radius 2 is 1.66 bits per heavy atom. The van der Waals surface area contributed by atoms with Crippen LogP contribution in [0.4, 0.5) is 0 Å². The van der Waals surface area contributed by atoms with E-state index in [1.54, 1.807) is 41.6 Å². The number of aromatic nitrogens is 1. The lowest BCUT2D eigenvalue weighted by atomic mass is 10.1. The number of amides is 1. The minimum absolute atomic E-state index is 0.140. The van der Waals surface area contributed by atoms with Crippen molar-refractivity contribution in [2.75, 3.05) is 0 Å². The molecule has 1 aromatic heterocycles. The van der Waals surface area contributed by atoms with Crippen LogP contribution in [0.5, 0.6) is 11.5 Å². The number of nitrogens with zero attached hydrogens (tertiary/aromatic N) is 2. The molecule has 0 bridgehead atoms. The van der Waals surface area contributed by atoms with Crippen LogP contribution in [-0.2, 0) is 13.1 Å². The van der Waals surface area contributed by atoms with Gasteiger partial charge in [-0.05, 0) is 59.7 Å². The van der Waals surface area contributed by atoms with Gasteiger partial charge in [0.15, 0.2) is 0 Å². The fraction of sp³-hybridized carbons (Fsp3) is 0.0769. The van der Waals surface area contributed by atoms with Gasteiger partial charge in [0.2, 0.25) is 0 Å². The molecule has 0 saturated heterocycles. The van der Waals surface area contributed by atoms with Crippen molar-refractivity contribution in [1.82, 2.24) is 9.88 Å². The predicted molar refractivity (Wildman–Crippen MR) is 127 cm³/mol. The summed E-state index contributed by atoms with van der Waals surface area (Å²) < 4.78 is 5.90. The molecule has 0 aliphatic heterocycles. The largest absolute Gasteiger partial charge is 0.457 e. The second-order valence-electron chi connectivity index (χ2n) is 7.20. The van der Waals surface area contributed by atoms with Crippen molar-refractivity contribution >= 4 is 29.1 Å². The SMILES string of the molecule is O=C(c1cccc(Oc2ccccc2)c1)N(Cc1cccnc1)Cc1ccc(Cl)cc1Cl. The average Bonchev–Trinajstić information content (AvgIpc) is 2.81. The van der Waals surface area contributed by atoms with Crippen molar-refractivity contribution in [1.29, 1.82) is 0 Å². The van der Waals surface area contributed by atoms with E-state index in [0.717, 1.165) is 11.1 Å². The van der Waals surface area contributed by atoms with E-state index in [1.807, 2.05) is 60.7 Å². The number of rotatable bonds is 7. The number of carbonyl (C=O) groups excluding carboxylic acids is 1. The van der Waals surface area contributed by atoms with Gasteiger partial charge in [-0.15, -0.1) is 0 Å². The van der Waals surface area contributed by atoms with Crippen molar-refractivity contribution in [3.63, 3.8) is 0 Å². The number of carbonyl (C=O) groups is 1. The Kier molecular flexibility index (Phi) is 7.05. The molecule has 1 amide bonds. The van der Waals surface area contributed by atoms with Gasteiger partial charge in [-0.1, -0.05) is 59.6 Å². The van der Waals surface area contributed by atoms with Crippen LogP contribution >= 0.6 is 23.2 Å². The third kappa shape index (κ3) is 5.67. The van der Waals surface area contributed by atoms with E-state index < -0.39 is 0 Å². The molecule has 32 heavy (non-hydrogen) atoms. The lowest BCUT2D eigenvalue weighted by Crippen LogP contribution is -2.30. The number of para-hydroxylation sites is 1. The molecule has 0 aliphatic carbocycles. The standard InChI is InChI=1S/C26H20Cl2N2O2/c27-22-12-11-21(25(28)15-22)18-30(17-19-6-5-13-29-16-19)26(31)20-7-4-10-24(14-20)32-23-8-2-1-3-9-23/h1-16H,17-18H2. The Labute approximate surface area is 197 Å². The summed E-state index contributed by atoms with van der Waals surface area (Å²) in [6, 6.07) is 25.7. The number of benzene rings is 3. The van der Waals surface area contributed by atoms with Crippen molar-refractivity contribution in [3.8, 4) is 11.5 Å². The van der Waals surface area contributed by atoms with Crippen LogP contribution in [0.3, 0.4) is 0 Å². The van der Waals surface area contributed by atoms with E-state index in [0.29, 0.717) is 40.2 Å². The molecule has 160 valence electrons. The quantitative estimate of drug-likeness (QED) is 0.296. The molecule has 0 saturated carbocycles. The Morgan fingerprint density at radius 1 is 0.844 bits per heavy atom. The van der Waals surface area contributed by atoms with Crippen molar-refractivity contribution < 1.29 is 9.53 Å². The summed E-state index contributed by atoms with van der Waals surface area (Å²) in [5.41, 5.74) is 2.25. The molecule has 0 spiro atoms. The third-order valence-corrected chi connectivity index (χ3v) is 5.41. The van der Waals surface area contributed by atoms with Gasteiger partial charge in [0, 0.05) is 41.1 Å². The highest BCUT2D eigenvalue weighted by atomic mass is 35.5. The summed E-state index contributed by atoms with van der Waals surface area (Å²) in [5.74, 6) is 1.16. The Bertz CT molecular complexity index is 1200. The normalized spacial score (nSPS) is 10.6. The fourth-order valence-corrected chi connectivity index (χ4v) is 3.74. The van der Waals surface area contributed by atoms with E-state index in [4.69, 9.17) is 27.9 Å². The molecule has 0 fully saturated rings. The molecule has 4 aromatic rings. The lowest BCUT2D eigenvalue weighted by Gasteiger charge is -2.24. The molecule has 0 atom stereocenters. The molecule has 1 heterocycles. The highest BCUT2D eigenvalue weighted by Crippen LogP contribution is 2.26. The summed E-state index contributed by atoms with van der Waals surface area (Å²) in [5, 5.41) is 1.07. The van der Waals surface area contributed by atoms with Crippen LogP contribution in [0, 0.1) is 0 Å². The summed E-state index contributed by atoms with van der Waals surface area (Å²) in [6.45, 7) is 0.711. The van der Waals surface area contributed by atoms with Gasteiger partial charge in [-0.3, -0.25) is 9.78 Å². The zero-order valence-electron chi connectivity index (χ0n) is 17.1. The van der Waals surface area contributed by atoms with Gasteiger partial charge in [0.05, 0.1) is 0 Å². The Hall–Kier alpha value is -3.34. The van der Waals surface area contributed by atoms with Crippen molar-refractivity contribution in [2.45, 2.75) is 13.1 Å². The number of hydrogen-bond acceptors (Lipinski definition) is 3. The number of pyridine rings is 1. The molecule has 4 nitrogen and oxygen atoms in total. The molecule has 4 rings (SSSR count). The monoisotopic (exact) mass is 462 g/mol. The van der Waals surface area contributed by atoms with Gasteiger partial charge < -0.3 is 9.64 Å².